The van der Waals surface area contributed by atoms with Crippen molar-refractivity contribution >= 4 is 12.2 Å². The van der Waals surface area contributed by atoms with Crippen LogP contribution in [-0.4, -0.2) is 45.4 Å². The number of carbonyl (C=O) groups excluding carboxylic acids is 1. The first kappa shape index (κ1) is 11.8. The van der Waals surface area contributed by atoms with E-state index in [1.165, 1.54) is 0 Å². The van der Waals surface area contributed by atoms with Crippen LogP contribution >= 0.6 is 0 Å². The third-order valence-corrected chi connectivity index (χ3v) is 2.20. The van der Waals surface area contributed by atoms with Crippen molar-refractivity contribution in [3.8, 4) is 0 Å². The smallest absolute Gasteiger partial charge is 0.196 e. The molecule has 0 radical (unpaired) electrons. The second-order valence-corrected chi connectivity index (χ2v) is 3.87. The monoisotopic (exact) mass is 210 g/mol. The lowest BCUT2D eigenvalue weighted by molar-refractivity contribution is 0.110. The maximum Gasteiger partial charge on any atom is 0.196 e. The number of anilines is 1. The average Bonchev–Trinajstić information content (AvgIpc) is 2.65. The van der Waals surface area contributed by atoms with E-state index in [2.05, 4.69) is 19.0 Å². The number of rotatable bonds is 6. The summed E-state index contributed by atoms with van der Waals surface area (Å²) >= 11 is 0. The third-order valence-electron chi connectivity index (χ3n) is 2.20. The standard InChI is InChI=1S/C11H18N2O2/c1-12(2)7-4-8-13(3)11-6-5-10(9-14)15-11/h5-6,9H,4,7-8H2,1-3H3. The maximum absolute atomic E-state index is 10.4. The number of hydrogen-bond donors (Lipinski definition) is 0. The van der Waals surface area contributed by atoms with Gasteiger partial charge in [0, 0.05) is 19.7 Å². The zero-order valence-corrected chi connectivity index (χ0v) is 9.56. The molecule has 0 unspecified atom stereocenters. The first-order valence-corrected chi connectivity index (χ1v) is 5.04. The van der Waals surface area contributed by atoms with Gasteiger partial charge in [-0.1, -0.05) is 0 Å². The second kappa shape index (κ2) is 5.56. The molecule has 1 aromatic rings. The van der Waals surface area contributed by atoms with Gasteiger partial charge in [-0.15, -0.1) is 0 Å². The van der Waals surface area contributed by atoms with Crippen LogP contribution in [0.4, 0.5) is 5.88 Å². The molecule has 0 fully saturated rings. The van der Waals surface area contributed by atoms with Gasteiger partial charge in [-0.25, -0.2) is 0 Å². The van der Waals surface area contributed by atoms with Crippen molar-refractivity contribution in [2.45, 2.75) is 6.42 Å². The fraction of sp³-hybridized carbons (Fsp3) is 0.545. The lowest BCUT2D eigenvalue weighted by atomic mass is 10.4. The van der Waals surface area contributed by atoms with Gasteiger partial charge in [0.1, 0.15) is 0 Å². The van der Waals surface area contributed by atoms with Crippen molar-refractivity contribution < 1.29 is 9.21 Å². The molecule has 0 atom stereocenters. The molecule has 0 spiro atoms. The minimum Gasteiger partial charge on any atom is -0.438 e. The molecule has 1 rings (SSSR count). The third kappa shape index (κ3) is 3.75. The summed E-state index contributed by atoms with van der Waals surface area (Å²) in [5, 5.41) is 0. The van der Waals surface area contributed by atoms with Crippen LogP contribution in [0.5, 0.6) is 0 Å². The number of carbonyl (C=O) groups is 1. The molecule has 4 heteroatoms. The van der Waals surface area contributed by atoms with E-state index in [0.717, 1.165) is 31.7 Å². The van der Waals surface area contributed by atoms with E-state index < -0.39 is 0 Å². The van der Waals surface area contributed by atoms with E-state index >= 15 is 0 Å². The summed E-state index contributed by atoms with van der Waals surface area (Å²) in [5.74, 6) is 1.13. The summed E-state index contributed by atoms with van der Waals surface area (Å²) in [4.78, 5) is 14.6. The molecule has 15 heavy (non-hydrogen) atoms. The zero-order chi connectivity index (χ0) is 11.3. The molecule has 0 aliphatic rings. The first-order valence-electron chi connectivity index (χ1n) is 5.04. The molecule has 1 aromatic heterocycles. The molecule has 0 bridgehead atoms. The molecular formula is C11H18N2O2. The second-order valence-electron chi connectivity index (χ2n) is 3.87. The van der Waals surface area contributed by atoms with Gasteiger partial charge in [-0.3, -0.25) is 4.79 Å². The Balaban J connectivity index is 2.39. The van der Waals surface area contributed by atoms with Crippen LogP contribution in [0.2, 0.25) is 0 Å². The Morgan fingerprint density at radius 1 is 1.27 bits per heavy atom. The Hall–Kier alpha value is -1.29. The van der Waals surface area contributed by atoms with Gasteiger partial charge in [0.25, 0.3) is 0 Å². The molecule has 0 saturated heterocycles. The molecule has 4 nitrogen and oxygen atoms in total. The van der Waals surface area contributed by atoms with Crippen molar-refractivity contribution in [1.29, 1.82) is 0 Å². The Kier molecular flexibility index (Phi) is 4.37. The lowest BCUT2D eigenvalue weighted by Crippen LogP contribution is -2.22. The van der Waals surface area contributed by atoms with E-state index in [-0.39, 0.29) is 0 Å². The largest absolute Gasteiger partial charge is 0.438 e. The minimum atomic E-state index is 0.379. The predicted molar refractivity (Wildman–Crippen MR) is 60.5 cm³/mol. The number of hydrogen-bond acceptors (Lipinski definition) is 4. The van der Waals surface area contributed by atoms with Crippen molar-refractivity contribution in [1.82, 2.24) is 4.90 Å². The molecular weight excluding hydrogens is 192 g/mol. The maximum atomic E-state index is 10.4. The average molecular weight is 210 g/mol. The van der Waals surface area contributed by atoms with Crippen LogP contribution in [-0.2, 0) is 0 Å². The molecule has 0 N–H and O–H groups in total. The molecule has 0 aliphatic heterocycles. The number of furan rings is 1. The van der Waals surface area contributed by atoms with Crippen LogP contribution in [0.3, 0.4) is 0 Å². The van der Waals surface area contributed by atoms with Gasteiger partial charge in [-0.05, 0) is 33.1 Å². The van der Waals surface area contributed by atoms with Gasteiger partial charge in [0.05, 0.1) is 0 Å². The molecule has 1 heterocycles. The van der Waals surface area contributed by atoms with Gasteiger partial charge < -0.3 is 14.2 Å². The van der Waals surface area contributed by atoms with E-state index in [0.29, 0.717) is 5.76 Å². The normalized spacial score (nSPS) is 10.7. The first-order chi connectivity index (χ1) is 7.13. The fourth-order valence-electron chi connectivity index (χ4n) is 1.35. The fourth-order valence-corrected chi connectivity index (χ4v) is 1.35. The topological polar surface area (TPSA) is 36.7 Å². The summed E-state index contributed by atoms with van der Waals surface area (Å²) in [6.07, 6.45) is 1.79. The Labute approximate surface area is 90.5 Å². The van der Waals surface area contributed by atoms with Crippen LogP contribution < -0.4 is 4.90 Å². The summed E-state index contributed by atoms with van der Waals surface area (Å²) in [6.45, 7) is 1.97. The number of aldehydes is 1. The molecule has 0 aromatic carbocycles. The van der Waals surface area contributed by atoms with Crippen LogP contribution in [0.15, 0.2) is 16.5 Å². The van der Waals surface area contributed by atoms with Crippen LogP contribution in [0.1, 0.15) is 17.0 Å². The van der Waals surface area contributed by atoms with E-state index in [1.54, 1.807) is 6.07 Å². The highest BCUT2D eigenvalue weighted by Crippen LogP contribution is 2.15. The Bertz CT molecular complexity index is 307. The highest BCUT2D eigenvalue weighted by molar-refractivity contribution is 5.71. The van der Waals surface area contributed by atoms with Crippen molar-refractivity contribution in [3.63, 3.8) is 0 Å². The zero-order valence-electron chi connectivity index (χ0n) is 9.56. The lowest BCUT2D eigenvalue weighted by Gasteiger charge is -2.17. The number of nitrogens with zero attached hydrogens (tertiary/aromatic N) is 2. The van der Waals surface area contributed by atoms with Gasteiger partial charge in [0.2, 0.25) is 0 Å². The quantitative estimate of drug-likeness (QED) is 0.666. The summed E-state index contributed by atoms with van der Waals surface area (Å²) < 4.78 is 5.30. The SMILES string of the molecule is CN(C)CCCN(C)c1ccc(C=O)o1. The summed E-state index contributed by atoms with van der Waals surface area (Å²) in [6, 6.07) is 3.50. The van der Waals surface area contributed by atoms with Crippen molar-refractivity contribution in [2.75, 3.05) is 39.1 Å². The molecule has 0 aliphatic carbocycles. The summed E-state index contributed by atoms with van der Waals surface area (Å²) in [5.41, 5.74) is 0. The highest BCUT2D eigenvalue weighted by atomic mass is 16.4. The van der Waals surface area contributed by atoms with E-state index in [4.69, 9.17) is 4.42 Å². The van der Waals surface area contributed by atoms with Crippen LogP contribution in [0, 0.1) is 0 Å². The van der Waals surface area contributed by atoms with Crippen LogP contribution in [0.25, 0.3) is 0 Å². The molecule has 0 saturated carbocycles. The van der Waals surface area contributed by atoms with E-state index in [9.17, 15) is 4.79 Å². The van der Waals surface area contributed by atoms with Gasteiger partial charge in [-0.2, -0.15) is 0 Å². The Morgan fingerprint density at radius 3 is 2.53 bits per heavy atom. The van der Waals surface area contributed by atoms with Crippen molar-refractivity contribution in [3.05, 3.63) is 17.9 Å². The minimum absolute atomic E-state index is 0.379. The summed E-state index contributed by atoms with van der Waals surface area (Å²) in [7, 11) is 6.07. The van der Waals surface area contributed by atoms with E-state index in [1.807, 2.05) is 18.0 Å². The van der Waals surface area contributed by atoms with Gasteiger partial charge in [0.15, 0.2) is 17.9 Å². The highest BCUT2D eigenvalue weighted by Gasteiger charge is 2.05. The van der Waals surface area contributed by atoms with Crippen molar-refractivity contribution in [2.24, 2.45) is 0 Å². The van der Waals surface area contributed by atoms with Gasteiger partial charge >= 0.3 is 0 Å². The molecule has 84 valence electrons. The predicted octanol–water partition coefficient (Wildman–Crippen LogP) is 1.48. The Morgan fingerprint density at radius 2 is 2.00 bits per heavy atom. The molecule has 0 amide bonds.